The minimum absolute atomic E-state index is 0.00498. The number of carbonyl (C=O) groups excluding carboxylic acids is 2. The maximum Gasteiger partial charge on any atom is 0.303 e. The molecule has 0 radical (unpaired) electrons. The van der Waals surface area contributed by atoms with E-state index < -0.39 is 13.9 Å². The molecule has 0 aromatic rings. The van der Waals surface area contributed by atoms with Crippen molar-refractivity contribution >= 4 is 25.8 Å². The quantitative estimate of drug-likeness (QED) is 0.278. The van der Waals surface area contributed by atoms with Crippen LogP contribution >= 0.6 is 0 Å². The van der Waals surface area contributed by atoms with Gasteiger partial charge in [-0.1, -0.05) is 25.5 Å². The number of rotatable bonds is 4. The van der Waals surface area contributed by atoms with Crippen LogP contribution in [0.3, 0.4) is 0 Å². The van der Waals surface area contributed by atoms with E-state index in [0.29, 0.717) is 24.2 Å². The molecule has 0 amide bonds. The lowest BCUT2D eigenvalue weighted by Gasteiger charge is -2.58. The van der Waals surface area contributed by atoms with E-state index in [9.17, 15) is 9.59 Å². The van der Waals surface area contributed by atoms with Gasteiger partial charge in [0.1, 0.15) is 0 Å². The highest BCUT2D eigenvalue weighted by atomic mass is 28.4. The second-order valence-corrected chi connectivity index (χ2v) is 16.8. The average molecular weight is 472 g/mol. The third kappa shape index (κ3) is 3.77. The molecule has 0 bridgehead atoms. The van der Waals surface area contributed by atoms with Crippen molar-refractivity contribution in [3.05, 3.63) is 23.3 Å². The van der Waals surface area contributed by atoms with Crippen LogP contribution < -0.4 is 0 Å². The summed E-state index contributed by atoms with van der Waals surface area (Å²) in [5.74, 6) is 0.939. The van der Waals surface area contributed by atoms with Crippen LogP contribution in [0.4, 0.5) is 0 Å². The number of carbonyl (C=O) groups is 2. The summed E-state index contributed by atoms with van der Waals surface area (Å²) in [6, 6.07) is 0. The molecule has 2 saturated carbocycles. The Bertz CT molecular complexity index is 960. The third-order valence-corrected chi connectivity index (χ3v) is 9.93. The molecule has 0 spiro atoms. The van der Waals surface area contributed by atoms with Crippen molar-refractivity contribution in [3.8, 4) is 0 Å². The Morgan fingerprint density at radius 1 is 1.06 bits per heavy atom. The molecule has 6 atom stereocenters. The number of nitrogens with zero attached hydrogens (tertiary/aromatic N) is 1. The zero-order valence-electron chi connectivity index (χ0n) is 21.7. The molecule has 4 aliphatic rings. The Labute approximate surface area is 200 Å². The van der Waals surface area contributed by atoms with Gasteiger partial charge in [-0.15, -0.1) is 5.16 Å². The second-order valence-electron chi connectivity index (χ2n) is 12.4. The largest absolute Gasteiger partial charge is 0.455 e. The normalized spacial score (nSPS) is 41.3. The van der Waals surface area contributed by atoms with E-state index in [0.717, 1.165) is 37.8 Å². The minimum atomic E-state index is -1.70. The lowest BCUT2D eigenvalue weighted by atomic mass is 9.47. The minimum Gasteiger partial charge on any atom is -0.455 e. The zero-order chi connectivity index (χ0) is 24.4. The van der Waals surface area contributed by atoms with Crippen molar-refractivity contribution < 1.29 is 18.9 Å². The highest BCUT2D eigenvalue weighted by Crippen LogP contribution is 2.67. The van der Waals surface area contributed by atoms with Crippen LogP contribution in [0.5, 0.6) is 0 Å². The SMILES string of the molecule is CC(=O)O[C@]1(C(C)=O)CC[C@H]2[C@@H]3C=C(C)C4=C/C(=N\O[Si](C)(C)C)CC[C@]4(C)[C@H]3CC[C@@]21C. The van der Waals surface area contributed by atoms with Gasteiger partial charge in [0.25, 0.3) is 8.32 Å². The molecule has 0 aromatic carbocycles. The number of fused-ring (bicyclic) bond motifs is 5. The fourth-order valence-electron chi connectivity index (χ4n) is 7.76. The monoisotopic (exact) mass is 471 g/mol. The summed E-state index contributed by atoms with van der Waals surface area (Å²) in [7, 11) is -1.70. The molecule has 4 rings (SSSR count). The van der Waals surface area contributed by atoms with Gasteiger partial charge < -0.3 is 9.26 Å². The predicted molar refractivity (Wildman–Crippen MR) is 133 cm³/mol. The fourth-order valence-corrected chi connectivity index (χ4v) is 8.15. The van der Waals surface area contributed by atoms with Crippen LogP contribution in [0.2, 0.25) is 19.6 Å². The van der Waals surface area contributed by atoms with Crippen molar-refractivity contribution in [2.45, 2.75) is 98.4 Å². The van der Waals surface area contributed by atoms with Crippen molar-refractivity contribution in [2.75, 3.05) is 0 Å². The molecular formula is C27H41NO4Si. The number of hydrogen-bond acceptors (Lipinski definition) is 5. The van der Waals surface area contributed by atoms with Crippen molar-refractivity contribution in [3.63, 3.8) is 0 Å². The fraction of sp³-hybridized carbons (Fsp3) is 0.741. The first-order chi connectivity index (χ1) is 15.2. The standard InChI is InChI=1S/C27H41NO4Si/c1-17-15-21-22(25(4)12-9-20(16-24(17)25)28-32-33(6,7)8)10-13-26(5)23(21)11-14-27(26,18(2)29)31-19(3)30/h15-16,21-23H,9-14H2,1-8H3/b28-20-/t21-,22+,23+,25-,26+,27+/m1/s1. The number of ether oxygens (including phenoxy) is 1. The first-order valence-corrected chi connectivity index (χ1v) is 16.0. The molecule has 5 nitrogen and oxygen atoms in total. The predicted octanol–water partition coefficient (Wildman–Crippen LogP) is 6.21. The molecule has 0 N–H and O–H groups in total. The molecule has 4 aliphatic carbocycles. The van der Waals surface area contributed by atoms with Gasteiger partial charge in [0, 0.05) is 12.3 Å². The lowest BCUT2D eigenvalue weighted by molar-refractivity contribution is -0.185. The van der Waals surface area contributed by atoms with Gasteiger partial charge in [0.15, 0.2) is 11.4 Å². The van der Waals surface area contributed by atoms with Crippen LogP contribution in [0.1, 0.15) is 73.1 Å². The maximum atomic E-state index is 12.9. The molecule has 182 valence electrons. The molecule has 6 heteroatoms. The molecule has 2 fully saturated rings. The number of allylic oxidation sites excluding steroid dienone is 4. The van der Waals surface area contributed by atoms with E-state index in [1.165, 1.54) is 18.1 Å². The Kier molecular flexibility index (Phi) is 5.87. The number of esters is 1. The van der Waals surface area contributed by atoms with E-state index in [-0.39, 0.29) is 22.6 Å². The van der Waals surface area contributed by atoms with Gasteiger partial charge >= 0.3 is 5.97 Å². The molecule has 0 saturated heterocycles. The molecule has 0 aromatic heterocycles. The van der Waals surface area contributed by atoms with Crippen LogP contribution in [-0.2, 0) is 18.9 Å². The van der Waals surface area contributed by atoms with Crippen molar-refractivity contribution in [1.82, 2.24) is 0 Å². The summed E-state index contributed by atoms with van der Waals surface area (Å²) in [6.07, 6.45) is 10.3. The van der Waals surface area contributed by atoms with Gasteiger partial charge in [-0.2, -0.15) is 0 Å². The van der Waals surface area contributed by atoms with E-state index in [1.54, 1.807) is 6.92 Å². The molecule has 0 aliphatic heterocycles. The number of Topliss-reactive ketones (excluding diaryl/α,β-unsaturated/α-hetero) is 1. The first kappa shape index (κ1) is 24.4. The van der Waals surface area contributed by atoms with Gasteiger partial charge in [-0.3, -0.25) is 9.59 Å². The van der Waals surface area contributed by atoms with Gasteiger partial charge in [0.2, 0.25) is 0 Å². The summed E-state index contributed by atoms with van der Waals surface area (Å²) < 4.78 is 11.8. The van der Waals surface area contributed by atoms with E-state index in [1.807, 2.05) is 0 Å². The Morgan fingerprint density at radius 3 is 2.33 bits per heavy atom. The molecular weight excluding hydrogens is 430 g/mol. The van der Waals surface area contributed by atoms with E-state index >= 15 is 0 Å². The smallest absolute Gasteiger partial charge is 0.303 e. The lowest BCUT2D eigenvalue weighted by Crippen LogP contribution is -2.58. The van der Waals surface area contributed by atoms with E-state index in [2.05, 4.69) is 57.7 Å². The highest BCUT2D eigenvalue weighted by Gasteiger charge is 2.67. The van der Waals surface area contributed by atoms with Crippen LogP contribution in [0.25, 0.3) is 0 Å². The van der Waals surface area contributed by atoms with Gasteiger partial charge in [-0.05, 0) is 107 Å². The van der Waals surface area contributed by atoms with Crippen LogP contribution in [-0.4, -0.2) is 31.4 Å². The molecule has 0 unspecified atom stereocenters. The summed E-state index contributed by atoms with van der Waals surface area (Å²) in [5, 5.41) is 4.53. The topological polar surface area (TPSA) is 65.0 Å². The first-order valence-electron chi connectivity index (χ1n) is 12.6. The van der Waals surface area contributed by atoms with Crippen molar-refractivity contribution in [2.24, 2.45) is 33.7 Å². The number of oxime groups is 1. The maximum absolute atomic E-state index is 12.9. The average Bonchev–Trinajstić information content (AvgIpc) is 2.99. The Morgan fingerprint density at radius 2 is 1.73 bits per heavy atom. The second kappa shape index (κ2) is 7.93. The number of ketones is 1. The summed E-state index contributed by atoms with van der Waals surface area (Å²) in [5.41, 5.74) is 2.61. The van der Waals surface area contributed by atoms with Crippen LogP contribution in [0, 0.1) is 28.6 Å². The van der Waals surface area contributed by atoms with Gasteiger partial charge in [0.05, 0.1) is 5.71 Å². The zero-order valence-corrected chi connectivity index (χ0v) is 22.7. The summed E-state index contributed by atoms with van der Waals surface area (Å²) in [6.45, 7) is 16.4. The summed E-state index contributed by atoms with van der Waals surface area (Å²) >= 11 is 0. The molecule has 0 heterocycles. The molecule has 33 heavy (non-hydrogen) atoms. The number of hydrogen-bond donors (Lipinski definition) is 0. The highest BCUT2D eigenvalue weighted by molar-refractivity contribution is 6.69. The van der Waals surface area contributed by atoms with Crippen molar-refractivity contribution in [1.29, 1.82) is 0 Å². The Balaban J connectivity index is 1.71. The van der Waals surface area contributed by atoms with E-state index in [4.69, 9.17) is 9.26 Å². The third-order valence-electron chi connectivity index (χ3n) is 9.29. The Hall–Kier alpha value is -1.69. The van der Waals surface area contributed by atoms with Crippen LogP contribution in [0.15, 0.2) is 28.5 Å². The summed E-state index contributed by atoms with van der Waals surface area (Å²) in [4.78, 5) is 25.0. The van der Waals surface area contributed by atoms with Gasteiger partial charge in [-0.25, -0.2) is 0 Å².